The molecule has 0 saturated heterocycles. The van der Waals surface area contributed by atoms with Crippen LogP contribution in [-0.2, 0) is 23.2 Å². The fraction of sp³-hybridized carbons (Fsp3) is 0.519. The van der Waals surface area contributed by atoms with Crippen molar-refractivity contribution in [3.8, 4) is 0 Å². The van der Waals surface area contributed by atoms with Crippen molar-refractivity contribution in [1.82, 2.24) is 10.6 Å². The van der Waals surface area contributed by atoms with Crippen molar-refractivity contribution in [3.63, 3.8) is 0 Å². The highest BCUT2D eigenvalue weighted by Crippen LogP contribution is 2.36. The lowest BCUT2D eigenvalue weighted by molar-refractivity contribution is -0.120. The van der Waals surface area contributed by atoms with Crippen LogP contribution in [0.4, 0.5) is 14.5 Å². The van der Waals surface area contributed by atoms with Crippen LogP contribution in [0.5, 0.6) is 0 Å². The van der Waals surface area contributed by atoms with E-state index in [0.717, 1.165) is 36.7 Å². The van der Waals surface area contributed by atoms with Crippen LogP contribution in [0.2, 0.25) is 0 Å². The number of aliphatic hydroxyl groups excluding tert-OH is 1. The number of rotatable bonds is 8. The summed E-state index contributed by atoms with van der Waals surface area (Å²) in [7, 11) is 0. The van der Waals surface area contributed by atoms with Gasteiger partial charge in [-0.3, -0.25) is 4.79 Å². The third-order valence-corrected chi connectivity index (χ3v) is 6.29. The van der Waals surface area contributed by atoms with Gasteiger partial charge in [0.2, 0.25) is 5.91 Å². The minimum Gasteiger partial charge on any atom is -0.390 e. The third kappa shape index (κ3) is 7.00. The van der Waals surface area contributed by atoms with Gasteiger partial charge in [-0.15, -0.1) is 0 Å². The van der Waals surface area contributed by atoms with Gasteiger partial charge in [-0.2, -0.15) is 0 Å². The average Bonchev–Trinajstić information content (AvgIpc) is 2.70. The Hall–Kier alpha value is -2.51. The molecular formula is C27H37F2N3O2. The van der Waals surface area contributed by atoms with Crippen molar-refractivity contribution in [1.29, 1.82) is 0 Å². The first kappa shape index (κ1) is 26.1. The smallest absolute Gasteiger partial charge is 0.217 e. The maximum absolute atomic E-state index is 13.7. The van der Waals surface area contributed by atoms with Gasteiger partial charge in [0.1, 0.15) is 11.6 Å². The van der Waals surface area contributed by atoms with Crippen LogP contribution < -0.4 is 16.0 Å². The minimum atomic E-state index is -0.955. The summed E-state index contributed by atoms with van der Waals surface area (Å²) >= 11 is 0. The van der Waals surface area contributed by atoms with Crippen LogP contribution in [0.3, 0.4) is 0 Å². The van der Waals surface area contributed by atoms with E-state index in [9.17, 15) is 18.7 Å². The van der Waals surface area contributed by atoms with E-state index < -0.39 is 23.8 Å². The van der Waals surface area contributed by atoms with E-state index in [0.29, 0.717) is 5.56 Å². The van der Waals surface area contributed by atoms with Gasteiger partial charge in [-0.1, -0.05) is 32.9 Å². The van der Waals surface area contributed by atoms with E-state index in [4.69, 9.17) is 0 Å². The monoisotopic (exact) mass is 473 g/mol. The second-order valence-corrected chi connectivity index (χ2v) is 10.9. The molecule has 1 heterocycles. The number of benzene rings is 2. The SMILES string of the molecule is CC(=O)N[C@@H](Cc1cc(F)cc(F)c1)[C@H](O)CNC1(C)CCNc2ccc(CC(C)(C)C)cc21. The molecule has 186 valence electrons. The maximum atomic E-state index is 13.7. The first-order valence-corrected chi connectivity index (χ1v) is 11.9. The molecule has 34 heavy (non-hydrogen) atoms. The van der Waals surface area contributed by atoms with E-state index in [1.165, 1.54) is 24.6 Å². The number of hydrogen-bond donors (Lipinski definition) is 4. The van der Waals surface area contributed by atoms with E-state index in [2.05, 4.69) is 61.8 Å². The first-order chi connectivity index (χ1) is 15.8. The van der Waals surface area contributed by atoms with E-state index in [1.807, 2.05) is 0 Å². The Morgan fingerprint density at radius 3 is 2.44 bits per heavy atom. The molecule has 0 spiro atoms. The summed E-state index contributed by atoms with van der Waals surface area (Å²) in [5.74, 6) is -1.69. The molecular weight excluding hydrogens is 436 g/mol. The van der Waals surface area contributed by atoms with Crippen molar-refractivity contribution in [2.24, 2.45) is 5.41 Å². The summed E-state index contributed by atoms with van der Waals surface area (Å²) < 4.78 is 27.3. The van der Waals surface area contributed by atoms with Gasteiger partial charge in [-0.05, 0) is 66.5 Å². The van der Waals surface area contributed by atoms with Crippen LogP contribution in [0.1, 0.15) is 57.7 Å². The summed E-state index contributed by atoms with van der Waals surface area (Å²) in [6.45, 7) is 11.1. The normalized spacial score (nSPS) is 19.6. The number of nitrogens with one attached hydrogen (secondary N) is 3. The highest BCUT2D eigenvalue weighted by Gasteiger charge is 2.33. The molecule has 0 saturated carbocycles. The third-order valence-electron chi connectivity index (χ3n) is 6.29. The molecule has 0 radical (unpaired) electrons. The van der Waals surface area contributed by atoms with Gasteiger partial charge >= 0.3 is 0 Å². The van der Waals surface area contributed by atoms with Gasteiger partial charge in [0, 0.05) is 37.3 Å². The van der Waals surface area contributed by atoms with E-state index >= 15 is 0 Å². The standard InChI is InChI=1S/C27H37F2N3O2/c1-17(33)32-24(13-19-10-20(28)14-21(29)11-19)25(34)16-31-27(5)8-9-30-23-7-6-18(12-22(23)27)15-26(2,3)4/h6-7,10-12,14,24-25,30-31,34H,8-9,13,15-16H2,1-5H3,(H,32,33)/t24-,25+,27?/m0/s1. The van der Waals surface area contributed by atoms with Gasteiger partial charge < -0.3 is 21.1 Å². The van der Waals surface area contributed by atoms with Gasteiger partial charge in [0.05, 0.1) is 12.1 Å². The summed E-state index contributed by atoms with van der Waals surface area (Å²) in [5.41, 5.74) is 3.64. The van der Waals surface area contributed by atoms with E-state index in [-0.39, 0.29) is 29.8 Å². The molecule has 4 N–H and O–H groups in total. The number of fused-ring (bicyclic) bond motifs is 1. The van der Waals surface area contributed by atoms with Gasteiger partial charge in [-0.25, -0.2) is 8.78 Å². The topological polar surface area (TPSA) is 73.4 Å². The maximum Gasteiger partial charge on any atom is 0.217 e. The Morgan fingerprint density at radius 2 is 1.82 bits per heavy atom. The number of aliphatic hydroxyl groups is 1. The number of carbonyl (C=O) groups excluding carboxylic acids is 1. The van der Waals surface area contributed by atoms with Gasteiger partial charge in [0.25, 0.3) is 0 Å². The zero-order chi connectivity index (χ0) is 25.1. The minimum absolute atomic E-state index is 0.113. The van der Waals surface area contributed by atoms with E-state index in [1.54, 1.807) is 0 Å². The van der Waals surface area contributed by atoms with Crippen LogP contribution in [0, 0.1) is 17.0 Å². The van der Waals surface area contributed by atoms with Crippen molar-refractivity contribution in [2.75, 3.05) is 18.4 Å². The lowest BCUT2D eigenvalue weighted by Gasteiger charge is -2.39. The molecule has 1 aliphatic rings. The molecule has 0 aliphatic carbocycles. The van der Waals surface area contributed by atoms with Crippen LogP contribution in [0.15, 0.2) is 36.4 Å². The largest absolute Gasteiger partial charge is 0.390 e. The molecule has 7 heteroatoms. The predicted molar refractivity (Wildman–Crippen MR) is 132 cm³/mol. The number of anilines is 1. The molecule has 5 nitrogen and oxygen atoms in total. The van der Waals surface area contributed by atoms with Crippen molar-refractivity contribution in [2.45, 2.75) is 71.6 Å². The molecule has 3 atom stereocenters. The Morgan fingerprint density at radius 1 is 1.15 bits per heavy atom. The van der Waals surface area contributed by atoms with Crippen molar-refractivity contribution >= 4 is 11.6 Å². The number of carbonyl (C=O) groups is 1. The Labute approximate surface area is 201 Å². The molecule has 2 aromatic carbocycles. The van der Waals surface area contributed by atoms with Gasteiger partial charge in [0.15, 0.2) is 0 Å². The highest BCUT2D eigenvalue weighted by molar-refractivity contribution is 5.73. The Kier molecular flexibility index (Phi) is 7.98. The number of halogens is 2. The van der Waals surface area contributed by atoms with Crippen molar-refractivity contribution < 1.29 is 18.7 Å². The molecule has 0 fully saturated rings. The highest BCUT2D eigenvalue weighted by atomic mass is 19.1. The number of hydrogen-bond acceptors (Lipinski definition) is 4. The van der Waals surface area contributed by atoms with Crippen molar-refractivity contribution in [3.05, 3.63) is 64.7 Å². The lowest BCUT2D eigenvalue weighted by Crippen LogP contribution is -2.53. The fourth-order valence-electron chi connectivity index (χ4n) is 4.69. The molecule has 0 aromatic heterocycles. The summed E-state index contributed by atoms with van der Waals surface area (Å²) in [5, 5.41) is 20.7. The summed E-state index contributed by atoms with van der Waals surface area (Å²) in [6, 6.07) is 9.06. The number of amides is 1. The Bertz CT molecular complexity index is 1000. The van der Waals surface area contributed by atoms with Crippen LogP contribution >= 0.6 is 0 Å². The molecule has 1 amide bonds. The molecule has 1 aliphatic heterocycles. The van der Waals surface area contributed by atoms with Crippen LogP contribution in [0.25, 0.3) is 0 Å². The second-order valence-electron chi connectivity index (χ2n) is 10.9. The molecule has 2 aromatic rings. The summed E-state index contributed by atoms with van der Waals surface area (Å²) in [6.07, 6.45) is 0.935. The average molecular weight is 474 g/mol. The second kappa shape index (κ2) is 10.4. The zero-order valence-corrected chi connectivity index (χ0v) is 20.8. The quantitative estimate of drug-likeness (QED) is 0.462. The summed E-state index contributed by atoms with van der Waals surface area (Å²) in [4.78, 5) is 11.8. The molecule has 3 rings (SSSR count). The first-order valence-electron chi connectivity index (χ1n) is 11.9. The lowest BCUT2D eigenvalue weighted by atomic mass is 9.81. The fourth-order valence-corrected chi connectivity index (χ4v) is 4.69. The van der Waals surface area contributed by atoms with Crippen LogP contribution in [-0.4, -0.2) is 36.2 Å². The Balaban J connectivity index is 1.76. The zero-order valence-electron chi connectivity index (χ0n) is 20.8. The predicted octanol–water partition coefficient (Wildman–Crippen LogP) is 4.28. The molecule has 1 unspecified atom stereocenters. The molecule has 0 bridgehead atoms.